The van der Waals surface area contributed by atoms with Crippen molar-refractivity contribution in [2.45, 2.75) is 13.8 Å². The van der Waals surface area contributed by atoms with E-state index in [4.69, 9.17) is 5.73 Å². The van der Waals surface area contributed by atoms with E-state index < -0.39 is 0 Å². The van der Waals surface area contributed by atoms with Crippen molar-refractivity contribution in [3.8, 4) is 0 Å². The highest BCUT2D eigenvalue weighted by Gasteiger charge is 1.94. The molecule has 3 heteroatoms. The van der Waals surface area contributed by atoms with E-state index in [-0.39, 0.29) is 5.91 Å². The van der Waals surface area contributed by atoms with Crippen LogP contribution in [-0.4, -0.2) is 19.0 Å². The normalized spacial score (nSPS) is 13.6. The van der Waals surface area contributed by atoms with Crippen molar-refractivity contribution in [2.75, 3.05) is 13.1 Å². The minimum atomic E-state index is -0.381. The van der Waals surface area contributed by atoms with Gasteiger partial charge in [-0.25, -0.2) is 0 Å². The quantitative estimate of drug-likeness (QED) is 0.561. The molecule has 1 atom stereocenters. The zero-order valence-corrected chi connectivity index (χ0v) is 7.13. The van der Waals surface area contributed by atoms with Crippen LogP contribution in [0.5, 0.6) is 0 Å². The average molecular weight is 156 g/mol. The highest BCUT2D eigenvalue weighted by Crippen LogP contribution is 1.93. The van der Waals surface area contributed by atoms with Crippen LogP contribution in [0.2, 0.25) is 0 Å². The third-order valence-corrected chi connectivity index (χ3v) is 1.31. The summed E-state index contributed by atoms with van der Waals surface area (Å²) in [7, 11) is 0. The maximum absolute atomic E-state index is 10.3. The third-order valence-electron chi connectivity index (χ3n) is 1.31. The van der Waals surface area contributed by atoms with Crippen molar-refractivity contribution in [1.82, 2.24) is 5.32 Å². The first kappa shape index (κ1) is 10.2. The molecule has 0 heterocycles. The van der Waals surface area contributed by atoms with Crippen LogP contribution in [0.4, 0.5) is 0 Å². The van der Waals surface area contributed by atoms with Gasteiger partial charge in [0, 0.05) is 6.54 Å². The molecule has 0 aliphatic carbocycles. The molecule has 0 radical (unpaired) electrons. The highest BCUT2D eigenvalue weighted by atomic mass is 16.1. The van der Waals surface area contributed by atoms with E-state index in [0.717, 1.165) is 13.1 Å². The standard InChI is InChI=1S/C8H16N2O/c1-3-10-6-7(2)4-5-8(9)11/h4-5,7,10H,3,6H2,1-2H3,(H2,9,11). The van der Waals surface area contributed by atoms with Crippen LogP contribution in [0.3, 0.4) is 0 Å². The molecule has 1 amide bonds. The predicted octanol–water partition coefficient (Wildman–Crippen LogP) is 0.273. The minimum Gasteiger partial charge on any atom is -0.366 e. The lowest BCUT2D eigenvalue weighted by atomic mass is 10.1. The molecule has 64 valence electrons. The van der Waals surface area contributed by atoms with Gasteiger partial charge in [0.1, 0.15) is 0 Å². The summed E-state index contributed by atoms with van der Waals surface area (Å²) in [5.41, 5.74) is 4.92. The number of hydrogen-bond acceptors (Lipinski definition) is 2. The van der Waals surface area contributed by atoms with E-state index in [9.17, 15) is 4.79 Å². The second-order valence-electron chi connectivity index (χ2n) is 2.55. The predicted molar refractivity (Wildman–Crippen MR) is 46.0 cm³/mol. The largest absolute Gasteiger partial charge is 0.366 e. The van der Waals surface area contributed by atoms with Gasteiger partial charge in [-0.3, -0.25) is 4.79 Å². The van der Waals surface area contributed by atoms with Gasteiger partial charge in [0.05, 0.1) is 0 Å². The van der Waals surface area contributed by atoms with Crippen LogP contribution in [0.1, 0.15) is 13.8 Å². The lowest BCUT2D eigenvalue weighted by Gasteiger charge is -2.04. The molecule has 11 heavy (non-hydrogen) atoms. The number of primary amides is 1. The van der Waals surface area contributed by atoms with Gasteiger partial charge in [-0.05, 0) is 18.5 Å². The second-order valence-corrected chi connectivity index (χ2v) is 2.55. The smallest absolute Gasteiger partial charge is 0.241 e. The molecule has 0 aliphatic rings. The Labute approximate surface area is 67.7 Å². The van der Waals surface area contributed by atoms with Crippen LogP contribution in [-0.2, 0) is 4.79 Å². The summed E-state index contributed by atoms with van der Waals surface area (Å²) < 4.78 is 0. The Balaban J connectivity index is 3.50. The highest BCUT2D eigenvalue weighted by molar-refractivity contribution is 5.85. The number of carbonyl (C=O) groups is 1. The number of amides is 1. The maximum atomic E-state index is 10.3. The van der Waals surface area contributed by atoms with Gasteiger partial charge in [-0.1, -0.05) is 19.9 Å². The Morgan fingerprint density at radius 3 is 2.82 bits per heavy atom. The number of hydrogen-bond donors (Lipinski definition) is 2. The molecule has 0 fully saturated rings. The van der Waals surface area contributed by atoms with Crippen molar-refractivity contribution >= 4 is 5.91 Å². The van der Waals surface area contributed by atoms with Crippen LogP contribution in [0.15, 0.2) is 12.2 Å². The molecule has 3 N–H and O–H groups in total. The van der Waals surface area contributed by atoms with Gasteiger partial charge >= 0.3 is 0 Å². The Kier molecular flexibility index (Phi) is 5.47. The first-order valence-electron chi connectivity index (χ1n) is 3.85. The zero-order valence-electron chi connectivity index (χ0n) is 7.13. The van der Waals surface area contributed by atoms with Crippen molar-refractivity contribution < 1.29 is 4.79 Å². The lowest BCUT2D eigenvalue weighted by Crippen LogP contribution is -2.19. The zero-order chi connectivity index (χ0) is 8.69. The van der Waals surface area contributed by atoms with Crippen LogP contribution < -0.4 is 11.1 Å². The van der Waals surface area contributed by atoms with E-state index in [1.807, 2.05) is 19.9 Å². The summed E-state index contributed by atoms with van der Waals surface area (Å²) in [5, 5.41) is 3.17. The Bertz CT molecular complexity index is 143. The number of nitrogens with two attached hydrogens (primary N) is 1. The SMILES string of the molecule is CCNCC(C)C=CC(N)=O. The molecule has 0 aromatic rings. The van der Waals surface area contributed by atoms with Gasteiger partial charge in [0.2, 0.25) is 5.91 Å². The van der Waals surface area contributed by atoms with Gasteiger partial charge in [-0.2, -0.15) is 0 Å². The van der Waals surface area contributed by atoms with E-state index in [2.05, 4.69) is 5.32 Å². The third kappa shape index (κ3) is 7.06. The molecule has 1 unspecified atom stereocenters. The molecule has 0 aromatic carbocycles. The Hall–Kier alpha value is -0.830. The van der Waals surface area contributed by atoms with Crippen LogP contribution in [0.25, 0.3) is 0 Å². The molecule has 3 nitrogen and oxygen atoms in total. The van der Waals surface area contributed by atoms with E-state index in [0.29, 0.717) is 5.92 Å². The monoisotopic (exact) mass is 156 g/mol. The number of rotatable bonds is 5. The van der Waals surface area contributed by atoms with Crippen LogP contribution in [0, 0.1) is 5.92 Å². The Morgan fingerprint density at radius 1 is 1.73 bits per heavy atom. The number of nitrogens with one attached hydrogen (secondary N) is 1. The molecule has 0 bridgehead atoms. The molecular weight excluding hydrogens is 140 g/mol. The fourth-order valence-corrected chi connectivity index (χ4v) is 0.699. The number of carbonyl (C=O) groups excluding carboxylic acids is 1. The molecule has 0 spiro atoms. The summed E-state index contributed by atoms with van der Waals surface area (Å²) in [6.07, 6.45) is 3.22. The fourth-order valence-electron chi connectivity index (χ4n) is 0.699. The average Bonchev–Trinajstić information content (AvgIpc) is 1.97. The van der Waals surface area contributed by atoms with E-state index in [1.165, 1.54) is 6.08 Å². The summed E-state index contributed by atoms with van der Waals surface area (Å²) in [6, 6.07) is 0. The fraction of sp³-hybridized carbons (Fsp3) is 0.625. The van der Waals surface area contributed by atoms with E-state index in [1.54, 1.807) is 0 Å². The molecule has 0 aliphatic heterocycles. The molecule has 0 saturated heterocycles. The maximum Gasteiger partial charge on any atom is 0.241 e. The first-order valence-corrected chi connectivity index (χ1v) is 3.85. The molecule has 0 aromatic heterocycles. The topological polar surface area (TPSA) is 55.1 Å². The van der Waals surface area contributed by atoms with Crippen molar-refractivity contribution in [2.24, 2.45) is 11.7 Å². The molecule has 0 rings (SSSR count). The van der Waals surface area contributed by atoms with Gasteiger partial charge in [-0.15, -0.1) is 0 Å². The van der Waals surface area contributed by atoms with Gasteiger partial charge in [0.15, 0.2) is 0 Å². The van der Waals surface area contributed by atoms with Crippen molar-refractivity contribution in [1.29, 1.82) is 0 Å². The Morgan fingerprint density at radius 2 is 2.36 bits per heavy atom. The van der Waals surface area contributed by atoms with Crippen molar-refractivity contribution in [3.63, 3.8) is 0 Å². The summed E-state index contributed by atoms with van der Waals surface area (Å²) >= 11 is 0. The van der Waals surface area contributed by atoms with Gasteiger partial charge < -0.3 is 11.1 Å². The molecule has 0 saturated carbocycles. The molecular formula is C8H16N2O. The summed E-state index contributed by atoms with van der Waals surface area (Å²) in [4.78, 5) is 10.3. The van der Waals surface area contributed by atoms with Gasteiger partial charge in [0.25, 0.3) is 0 Å². The van der Waals surface area contributed by atoms with Crippen LogP contribution >= 0.6 is 0 Å². The first-order chi connectivity index (χ1) is 5.16. The van der Waals surface area contributed by atoms with Crippen molar-refractivity contribution in [3.05, 3.63) is 12.2 Å². The summed E-state index contributed by atoms with van der Waals surface area (Å²) in [6.45, 7) is 5.92. The summed E-state index contributed by atoms with van der Waals surface area (Å²) in [5.74, 6) is -0.0178. The lowest BCUT2D eigenvalue weighted by molar-refractivity contribution is -0.113. The minimum absolute atomic E-state index is 0.363. The van der Waals surface area contributed by atoms with E-state index >= 15 is 0 Å². The second kappa shape index (κ2) is 5.92.